The van der Waals surface area contributed by atoms with Gasteiger partial charge in [0, 0.05) is 23.8 Å². The summed E-state index contributed by atoms with van der Waals surface area (Å²) in [6.07, 6.45) is 1.60. The molecule has 0 radical (unpaired) electrons. The van der Waals surface area contributed by atoms with Gasteiger partial charge in [-0.15, -0.1) is 0 Å². The average Bonchev–Trinajstić information content (AvgIpc) is 3.12. The Morgan fingerprint density at radius 1 is 1.32 bits per heavy atom. The lowest BCUT2D eigenvalue weighted by Crippen LogP contribution is -2.47. The van der Waals surface area contributed by atoms with Crippen molar-refractivity contribution in [2.75, 3.05) is 13.2 Å². The van der Waals surface area contributed by atoms with Gasteiger partial charge in [-0.3, -0.25) is 4.79 Å². The first kappa shape index (κ1) is 17.8. The molecule has 3 N–H and O–H groups in total. The number of halogens is 1. The summed E-state index contributed by atoms with van der Waals surface area (Å²) in [5, 5.41) is 7.43. The van der Waals surface area contributed by atoms with Gasteiger partial charge in [-0.05, 0) is 49.9 Å². The van der Waals surface area contributed by atoms with E-state index in [9.17, 15) is 4.79 Å². The molecule has 1 aliphatic heterocycles. The Balaban J connectivity index is 1.62. The molecule has 7 nitrogen and oxygen atoms in total. The van der Waals surface area contributed by atoms with Crippen molar-refractivity contribution < 1.29 is 14.1 Å². The number of nitrogens with one attached hydrogen (secondary N) is 1. The van der Waals surface area contributed by atoms with E-state index in [4.69, 9.17) is 26.6 Å². The third-order valence-corrected chi connectivity index (χ3v) is 4.61. The molecular weight excluding hydrogens is 344 g/mol. The fraction of sp³-hybridized carbons (Fsp3) is 0.471. The Morgan fingerprint density at radius 3 is 2.68 bits per heavy atom. The number of nitrogens with two attached hydrogens (primary N) is 1. The maximum absolute atomic E-state index is 12.4. The highest BCUT2D eigenvalue weighted by Gasteiger charge is 2.28. The largest absolute Gasteiger partial charge is 0.381 e. The summed E-state index contributed by atoms with van der Waals surface area (Å²) in [5.41, 5.74) is 6.85. The predicted octanol–water partition coefficient (Wildman–Crippen LogP) is 2.32. The minimum atomic E-state index is -0.561. The Kier molecular flexibility index (Phi) is 5.67. The van der Waals surface area contributed by atoms with Gasteiger partial charge in [0.05, 0.1) is 12.1 Å². The quantitative estimate of drug-likeness (QED) is 0.843. The van der Waals surface area contributed by atoms with Crippen LogP contribution in [-0.2, 0) is 9.53 Å². The molecule has 1 fully saturated rings. The highest BCUT2D eigenvalue weighted by atomic mass is 35.5. The van der Waals surface area contributed by atoms with Gasteiger partial charge in [0.15, 0.2) is 5.82 Å². The van der Waals surface area contributed by atoms with E-state index in [1.54, 1.807) is 31.2 Å². The Hall–Kier alpha value is -1.96. The topological polar surface area (TPSA) is 103 Å². The molecule has 2 aromatic rings. The molecule has 1 aliphatic rings. The SMILES string of the molecule is CC(NC(=O)C(N)C1CCOCC1)c1noc(-c2ccc(Cl)cc2)n1. The van der Waals surface area contributed by atoms with E-state index in [0.29, 0.717) is 30.0 Å². The summed E-state index contributed by atoms with van der Waals surface area (Å²) in [4.78, 5) is 16.7. The molecule has 0 bridgehead atoms. The van der Waals surface area contributed by atoms with Crippen molar-refractivity contribution in [2.24, 2.45) is 11.7 Å². The second-order valence-corrected chi connectivity index (χ2v) is 6.61. The molecule has 1 aromatic heterocycles. The lowest BCUT2D eigenvalue weighted by Gasteiger charge is -2.27. The van der Waals surface area contributed by atoms with E-state index in [1.807, 2.05) is 0 Å². The van der Waals surface area contributed by atoms with Crippen LogP contribution in [0.2, 0.25) is 5.02 Å². The number of amides is 1. The number of carbonyl (C=O) groups is 1. The standard InChI is InChI=1S/C17H21ClN4O3/c1-10(20-16(23)14(19)11-6-8-24-9-7-11)15-21-17(25-22-15)12-2-4-13(18)5-3-12/h2-5,10-11,14H,6-9,19H2,1H3,(H,20,23). The fourth-order valence-electron chi connectivity index (χ4n) is 2.78. The van der Waals surface area contributed by atoms with E-state index < -0.39 is 12.1 Å². The molecule has 2 atom stereocenters. The van der Waals surface area contributed by atoms with Gasteiger partial charge in [-0.25, -0.2) is 0 Å². The number of hydrogen-bond donors (Lipinski definition) is 2. The lowest BCUT2D eigenvalue weighted by molar-refractivity contribution is -0.125. The lowest BCUT2D eigenvalue weighted by atomic mass is 9.91. The van der Waals surface area contributed by atoms with Crippen molar-refractivity contribution in [2.45, 2.75) is 31.8 Å². The first-order valence-electron chi connectivity index (χ1n) is 8.28. The van der Waals surface area contributed by atoms with Gasteiger partial charge in [-0.2, -0.15) is 4.98 Å². The van der Waals surface area contributed by atoms with Crippen LogP contribution in [0.25, 0.3) is 11.5 Å². The minimum Gasteiger partial charge on any atom is -0.381 e. The monoisotopic (exact) mass is 364 g/mol. The molecule has 1 aromatic carbocycles. The van der Waals surface area contributed by atoms with Crippen molar-refractivity contribution in [1.29, 1.82) is 0 Å². The van der Waals surface area contributed by atoms with Crippen LogP contribution in [0.4, 0.5) is 0 Å². The number of benzene rings is 1. The average molecular weight is 365 g/mol. The fourth-order valence-corrected chi connectivity index (χ4v) is 2.91. The van der Waals surface area contributed by atoms with Crippen molar-refractivity contribution in [3.05, 3.63) is 35.1 Å². The van der Waals surface area contributed by atoms with E-state index in [-0.39, 0.29) is 11.8 Å². The molecule has 3 rings (SSSR count). The molecule has 1 saturated heterocycles. The van der Waals surface area contributed by atoms with E-state index in [1.165, 1.54) is 0 Å². The number of hydrogen-bond acceptors (Lipinski definition) is 6. The number of aromatic nitrogens is 2. The van der Waals surface area contributed by atoms with Crippen molar-refractivity contribution in [3.8, 4) is 11.5 Å². The molecule has 134 valence electrons. The maximum atomic E-state index is 12.4. The normalized spacial score (nSPS) is 17.9. The molecule has 25 heavy (non-hydrogen) atoms. The highest BCUT2D eigenvalue weighted by Crippen LogP contribution is 2.22. The Bertz CT molecular complexity index is 713. The molecule has 8 heteroatoms. The first-order valence-corrected chi connectivity index (χ1v) is 8.65. The summed E-state index contributed by atoms with van der Waals surface area (Å²) in [6.45, 7) is 3.10. The van der Waals surface area contributed by atoms with Crippen molar-refractivity contribution in [1.82, 2.24) is 15.5 Å². The third kappa shape index (κ3) is 4.36. The summed E-state index contributed by atoms with van der Waals surface area (Å²) >= 11 is 5.87. The third-order valence-electron chi connectivity index (χ3n) is 4.36. The number of ether oxygens (including phenoxy) is 1. The molecule has 0 spiro atoms. The minimum absolute atomic E-state index is 0.135. The summed E-state index contributed by atoms with van der Waals surface area (Å²) in [6, 6.07) is 6.13. The molecule has 1 amide bonds. The zero-order valence-electron chi connectivity index (χ0n) is 13.9. The van der Waals surface area contributed by atoms with Gasteiger partial charge in [0.2, 0.25) is 5.91 Å². The van der Waals surface area contributed by atoms with Crippen LogP contribution >= 0.6 is 11.6 Å². The van der Waals surface area contributed by atoms with Gasteiger partial charge in [0.25, 0.3) is 5.89 Å². The van der Waals surface area contributed by atoms with Gasteiger partial charge in [-0.1, -0.05) is 16.8 Å². The Labute approximate surface area is 150 Å². The summed E-state index contributed by atoms with van der Waals surface area (Å²) in [5.74, 6) is 0.701. The Morgan fingerprint density at radius 2 is 2.00 bits per heavy atom. The second-order valence-electron chi connectivity index (χ2n) is 6.17. The van der Waals surface area contributed by atoms with Crippen molar-refractivity contribution >= 4 is 17.5 Å². The summed E-state index contributed by atoms with van der Waals surface area (Å²) in [7, 11) is 0. The highest BCUT2D eigenvalue weighted by molar-refractivity contribution is 6.30. The number of carbonyl (C=O) groups excluding carboxylic acids is 1. The van der Waals surface area contributed by atoms with Crippen LogP contribution in [0.15, 0.2) is 28.8 Å². The molecular formula is C17H21ClN4O3. The molecule has 2 unspecified atom stereocenters. The number of nitrogens with zero attached hydrogens (tertiary/aromatic N) is 2. The predicted molar refractivity (Wildman–Crippen MR) is 92.8 cm³/mol. The van der Waals surface area contributed by atoms with E-state index in [0.717, 1.165) is 18.4 Å². The number of rotatable bonds is 5. The zero-order chi connectivity index (χ0) is 17.8. The van der Waals surface area contributed by atoms with Crippen LogP contribution in [-0.4, -0.2) is 35.3 Å². The van der Waals surface area contributed by atoms with Crippen LogP contribution in [0, 0.1) is 5.92 Å². The molecule has 0 saturated carbocycles. The smallest absolute Gasteiger partial charge is 0.257 e. The van der Waals surface area contributed by atoms with E-state index >= 15 is 0 Å². The second kappa shape index (κ2) is 7.95. The van der Waals surface area contributed by atoms with E-state index in [2.05, 4.69) is 15.5 Å². The first-order chi connectivity index (χ1) is 12.0. The van der Waals surface area contributed by atoms with Crippen LogP contribution in [0.5, 0.6) is 0 Å². The van der Waals surface area contributed by atoms with Crippen LogP contribution in [0.1, 0.15) is 31.6 Å². The molecule has 2 heterocycles. The van der Waals surface area contributed by atoms with Gasteiger partial charge in [0.1, 0.15) is 0 Å². The zero-order valence-corrected chi connectivity index (χ0v) is 14.7. The maximum Gasteiger partial charge on any atom is 0.257 e. The molecule has 0 aliphatic carbocycles. The van der Waals surface area contributed by atoms with Crippen molar-refractivity contribution in [3.63, 3.8) is 0 Å². The van der Waals surface area contributed by atoms with Crippen LogP contribution < -0.4 is 11.1 Å². The van der Waals surface area contributed by atoms with Crippen LogP contribution in [0.3, 0.4) is 0 Å². The van der Waals surface area contributed by atoms with Gasteiger partial charge < -0.3 is 20.3 Å². The summed E-state index contributed by atoms with van der Waals surface area (Å²) < 4.78 is 10.6. The van der Waals surface area contributed by atoms with Gasteiger partial charge >= 0.3 is 0 Å².